The van der Waals surface area contributed by atoms with Gasteiger partial charge in [0.05, 0.1) is 6.61 Å². The maximum atomic E-state index is 5.66. The highest BCUT2D eigenvalue weighted by atomic mass is 16.5. The van der Waals surface area contributed by atoms with E-state index in [2.05, 4.69) is 61.6 Å². The molecule has 0 unspecified atom stereocenters. The molecule has 2 heteroatoms. The Kier molecular flexibility index (Phi) is 6.29. The van der Waals surface area contributed by atoms with E-state index in [-0.39, 0.29) is 0 Å². The second kappa shape index (κ2) is 8.48. The molecule has 0 bridgehead atoms. The van der Waals surface area contributed by atoms with Gasteiger partial charge in [-0.3, -0.25) is 0 Å². The summed E-state index contributed by atoms with van der Waals surface area (Å²) in [5.41, 5.74) is 4.06. The number of rotatable bonds is 8. The van der Waals surface area contributed by atoms with Crippen molar-refractivity contribution in [1.82, 2.24) is 5.32 Å². The van der Waals surface area contributed by atoms with Crippen LogP contribution in [0.2, 0.25) is 0 Å². The number of hydrogen-bond acceptors (Lipinski definition) is 2. The minimum atomic E-state index is 0.782. The van der Waals surface area contributed by atoms with Crippen LogP contribution < -0.4 is 10.1 Å². The van der Waals surface area contributed by atoms with Crippen molar-refractivity contribution in [2.24, 2.45) is 0 Å². The zero-order valence-electron chi connectivity index (χ0n) is 13.1. The van der Waals surface area contributed by atoms with Gasteiger partial charge in [-0.05, 0) is 55.1 Å². The molecule has 0 aliphatic carbocycles. The summed E-state index contributed by atoms with van der Waals surface area (Å²) < 4.78 is 5.66. The molecule has 0 saturated carbocycles. The van der Waals surface area contributed by atoms with Gasteiger partial charge in [0.25, 0.3) is 0 Å². The molecule has 2 nitrogen and oxygen atoms in total. The molecule has 0 fully saturated rings. The lowest BCUT2D eigenvalue weighted by Crippen LogP contribution is -2.17. The summed E-state index contributed by atoms with van der Waals surface area (Å²) in [4.78, 5) is 0. The van der Waals surface area contributed by atoms with Crippen LogP contribution in [-0.2, 0) is 13.0 Å². The summed E-state index contributed by atoms with van der Waals surface area (Å²) in [5.74, 6) is 0.968. The Morgan fingerprint density at radius 1 is 1.05 bits per heavy atom. The molecule has 0 spiro atoms. The lowest BCUT2D eigenvalue weighted by Gasteiger charge is -2.09. The standard InChI is InChI=1S/C19H25NO/c1-3-13-21-19-10-6-8-17(14-19)15-20-12-11-18-9-5-4-7-16(18)2/h4-10,14,20H,3,11-13,15H2,1-2H3. The van der Waals surface area contributed by atoms with E-state index in [1.165, 1.54) is 16.7 Å². The summed E-state index contributed by atoms with van der Waals surface area (Å²) >= 11 is 0. The first-order chi connectivity index (χ1) is 10.3. The fourth-order valence-electron chi connectivity index (χ4n) is 2.31. The van der Waals surface area contributed by atoms with Gasteiger partial charge < -0.3 is 10.1 Å². The van der Waals surface area contributed by atoms with E-state index < -0.39 is 0 Å². The molecule has 0 aliphatic rings. The number of aryl methyl sites for hydroxylation is 1. The third kappa shape index (κ3) is 5.24. The van der Waals surface area contributed by atoms with Gasteiger partial charge in [-0.25, -0.2) is 0 Å². The Bertz CT molecular complexity index is 551. The average molecular weight is 283 g/mol. The second-order valence-electron chi connectivity index (χ2n) is 5.35. The van der Waals surface area contributed by atoms with Crippen LogP contribution in [0, 0.1) is 6.92 Å². The van der Waals surface area contributed by atoms with Crippen molar-refractivity contribution in [3.8, 4) is 5.75 Å². The highest BCUT2D eigenvalue weighted by Gasteiger charge is 1.99. The molecule has 112 valence electrons. The number of hydrogen-bond donors (Lipinski definition) is 1. The Morgan fingerprint density at radius 3 is 2.71 bits per heavy atom. The average Bonchev–Trinajstić information content (AvgIpc) is 2.51. The molecule has 2 aromatic rings. The van der Waals surface area contributed by atoms with E-state index in [4.69, 9.17) is 4.74 Å². The summed E-state index contributed by atoms with van der Waals surface area (Å²) in [5, 5.41) is 3.51. The Labute approximate surface area is 128 Å². The molecule has 0 heterocycles. The smallest absolute Gasteiger partial charge is 0.119 e. The number of ether oxygens (including phenoxy) is 1. The zero-order valence-corrected chi connectivity index (χ0v) is 13.1. The summed E-state index contributed by atoms with van der Waals surface area (Å²) in [6.45, 7) is 6.95. The van der Waals surface area contributed by atoms with Crippen molar-refractivity contribution >= 4 is 0 Å². The molecular weight excluding hydrogens is 258 g/mol. The van der Waals surface area contributed by atoms with E-state index in [0.717, 1.165) is 38.3 Å². The van der Waals surface area contributed by atoms with Crippen molar-refractivity contribution in [3.05, 3.63) is 65.2 Å². The van der Waals surface area contributed by atoms with Crippen LogP contribution in [0.5, 0.6) is 5.75 Å². The monoisotopic (exact) mass is 283 g/mol. The Hall–Kier alpha value is -1.80. The number of benzene rings is 2. The third-order valence-corrected chi connectivity index (χ3v) is 3.53. The minimum Gasteiger partial charge on any atom is -0.494 e. The molecule has 2 aromatic carbocycles. The van der Waals surface area contributed by atoms with Gasteiger partial charge in [-0.15, -0.1) is 0 Å². The van der Waals surface area contributed by atoms with Gasteiger partial charge in [0.1, 0.15) is 5.75 Å². The molecule has 0 radical (unpaired) electrons. The fraction of sp³-hybridized carbons (Fsp3) is 0.368. The van der Waals surface area contributed by atoms with E-state index in [9.17, 15) is 0 Å². The van der Waals surface area contributed by atoms with Crippen molar-refractivity contribution in [2.75, 3.05) is 13.2 Å². The highest BCUT2D eigenvalue weighted by molar-refractivity contribution is 5.28. The predicted octanol–water partition coefficient (Wildman–Crippen LogP) is 4.12. The molecule has 21 heavy (non-hydrogen) atoms. The normalized spacial score (nSPS) is 10.6. The fourth-order valence-corrected chi connectivity index (χ4v) is 2.31. The lowest BCUT2D eigenvalue weighted by molar-refractivity contribution is 0.317. The first kappa shape index (κ1) is 15.6. The van der Waals surface area contributed by atoms with Crippen LogP contribution in [-0.4, -0.2) is 13.2 Å². The van der Waals surface area contributed by atoms with E-state index in [0.29, 0.717) is 0 Å². The molecule has 0 atom stereocenters. The first-order valence-electron chi connectivity index (χ1n) is 7.76. The van der Waals surface area contributed by atoms with Crippen LogP contribution >= 0.6 is 0 Å². The van der Waals surface area contributed by atoms with Crippen LogP contribution in [0.3, 0.4) is 0 Å². The quantitative estimate of drug-likeness (QED) is 0.736. The summed E-state index contributed by atoms with van der Waals surface area (Å²) in [6, 6.07) is 16.9. The van der Waals surface area contributed by atoms with Crippen molar-refractivity contribution in [2.45, 2.75) is 33.2 Å². The van der Waals surface area contributed by atoms with Gasteiger partial charge >= 0.3 is 0 Å². The topological polar surface area (TPSA) is 21.3 Å². The van der Waals surface area contributed by atoms with E-state index in [1.807, 2.05) is 6.07 Å². The van der Waals surface area contributed by atoms with Gasteiger partial charge in [-0.2, -0.15) is 0 Å². The summed E-state index contributed by atoms with van der Waals surface area (Å²) in [7, 11) is 0. The maximum absolute atomic E-state index is 5.66. The Morgan fingerprint density at radius 2 is 1.90 bits per heavy atom. The third-order valence-electron chi connectivity index (χ3n) is 3.53. The molecular formula is C19H25NO. The lowest BCUT2D eigenvalue weighted by atomic mass is 10.1. The minimum absolute atomic E-state index is 0.782. The number of nitrogens with one attached hydrogen (secondary N) is 1. The molecule has 0 aliphatic heterocycles. The largest absolute Gasteiger partial charge is 0.494 e. The van der Waals surface area contributed by atoms with Crippen molar-refractivity contribution < 1.29 is 4.74 Å². The molecule has 0 amide bonds. The predicted molar refractivity (Wildman–Crippen MR) is 88.8 cm³/mol. The van der Waals surface area contributed by atoms with Gasteiger partial charge in [0.2, 0.25) is 0 Å². The van der Waals surface area contributed by atoms with Crippen molar-refractivity contribution in [3.63, 3.8) is 0 Å². The van der Waals surface area contributed by atoms with Crippen LogP contribution in [0.4, 0.5) is 0 Å². The first-order valence-corrected chi connectivity index (χ1v) is 7.76. The van der Waals surface area contributed by atoms with Crippen LogP contribution in [0.15, 0.2) is 48.5 Å². The van der Waals surface area contributed by atoms with E-state index in [1.54, 1.807) is 0 Å². The van der Waals surface area contributed by atoms with Crippen LogP contribution in [0.25, 0.3) is 0 Å². The van der Waals surface area contributed by atoms with Gasteiger partial charge in [0.15, 0.2) is 0 Å². The second-order valence-corrected chi connectivity index (χ2v) is 5.35. The molecule has 0 saturated heterocycles. The van der Waals surface area contributed by atoms with Gasteiger partial charge in [-0.1, -0.05) is 43.3 Å². The summed E-state index contributed by atoms with van der Waals surface area (Å²) in [6.07, 6.45) is 2.11. The van der Waals surface area contributed by atoms with E-state index >= 15 is 0 Å². The molecule has 0 aromatic heterocycles. The highest BCUT2D eigenvalue weighted by Crippen LogP contribution is 2.13. The van der Waals surface area contributed by atoms with Crippen molar-refractivity contribution in [1.29, 1.82) is 0 Å². The van der Waals surface area contributed by atoms with Crippen LogP contribution in [0.1, 0.15) is 30.0 Å². The SMILES string of the molecule is CCCOc1cccc(CNCCc2ccccc2C)c1. The zero-order chi connectivity index (χ0) is 14.9. The molecule has 1 N–H and O–H groups in total. The molecule has 2 rings (SSSR count). The van der Waals surface area contributed by atoms with Gasteiger partial charge in [0, 0.05) is 6.54 Å². The maximum Gasteiger partial charge on any atom is 0.119 e. The Balaban J connectivity index is 1.77.